The molecular formula is C68H26BF20MnN4O3. The molecule has 0 amide bonds. The summed E-state index contributed by atoms with van der Waals surface area (Å²) < 4.78 is 333. The van der Waals surface area contributed by atoms with Crippen LogP contribution in [-0.4, -0.2) is 26.8 Å². The fourth-order valence-electron chi connectivity index (χ4n) is 11.4. The summed E-state index contributed by atoms with van der Waals surface area (Å²) in [5, 5.41) is 25.2. The molecule has 2 aliphatic rings. The first-order valence-corrected chi connectivity index (χ1v) is 27.3. The molecule has 5 heterocycles. The van der Waals surface area contributed by atoms with Gasteiger partial charge in [0.2, 0.25) is 23.3 Å². The van der Waals surface area contributed by atoms with Gasteiger partial charge >= 0.3 is 17.1 Å². The van der Waals surface area contributed by atoms with Gasteiger partial charge < -0.3 is 24.6 Å². The van der Waals surface area contributed by atoms with Crippen LogP contribution in [0.25, 0.3) is 118 Å². The summed E-state index contributed by atoms with van der Waals surface area (Å²) in [5.41, 5.74) is -25.9. The molecule has 11 aromatic rings. The van der Waals surface area contributed by atoms with Gasteiger partial charge in [0.05, 0.1) is 50.5 Å². The molecule has 0 spiro atoms. The smallest absolute Gasteiger partial charge is 0.907 e. The van der Waals surface area contributed by atoms with Crippen LogP contribution in [0.1, 0.15) is 28.3 Å². The monoisotopic (exact) mass is 1390 g/mol. The Morgan fingerprint density at radius 2 is 0.567 bits per heavy atom. The van der Waals surface area contributed by atoms with Gasteiger partial charge in [0.1, 0.15) is 5.69 Å². The van der Waals surface area contributed by atoms with E-state index >= 15 is 87.8 Å². The summed E-state index contributed by atoms with van der Waals surface area (Å²) in [5.74, 6) is -59.0. The first kappa shape index (κ1) is 67.8. The minimum absolute atomic E-state index is 0. The quantitative estimate of drug-likeness (QED) is 0.0704. The summed E-state index contributed by atoms with van der Waals surface area (Å²) in [6, 6.07) is 28.3. The Bertz CT molecular complexity index is 5230. The maximum absolute atomic E-state index is 17.9. The van der Waals surface area contributed by atoms with Crippen LogP contribution in [0.3, 0.4) is 0 Å². The molecular weight excluding hydrogens is 1370 g/mol. The molecule has 0 radical (unpaired) electrons. The zero-order valence-corrected chi connectivity index (χ0v) is 48.7. The minimum Gasteiger partial charge on any atom is -0.907 e. The number of hydrogen-bond donors (Lipinski definition) is 1. The zero-order chi connectivity index (χ0) is 68.8. The fourth-order valence-corrected chi connectivity index (χ4v) is 11.4. The molecule has 3 aromatic heterocycles. The van der Waals surface area contributed by atoms with Gasteiger partial charge in [-0.25, -0.2) is 97.8 Å². The Morgan fingerprint density at radius 3 is 0.928 bits per heavy atom. The summed E-state index contributed by atoms with van der Waals surface area (Å²) in [6.07, 6.45) is 2.83. The van der Waals surface area contributed by atoms with Gasteiger partial charge in [0.15, 0.2) is 93.1 Å². The van der Waals surface area contributed by atoms with Crippen molar-refractivity contribution in [2.24, 2.45) is 0 Å². The molecule has 7 nitrogen and oxygen atoms in total. The molecule has 8 aromatic carbocycles. The number of hydrogen-bond acceptors (Lipinski definition) is 5. The van der Waals surface area contributed by atoms with E-state index in [0.29, 0.717) is 6.08 Å². The summed E-state index contributed by atoms with van der Waals surface area (Å²) in [4.78, 5) is 12.7. The third-order valence-corrected chi connectivity index (χ3v) is 15.3. The van der Waals surface area contributed by atoms with Crippen LogP contribution in [0.4, 0.5) is 87.8 Å². The van der Waals surface area contributed by atoms with Crippen molar-refractivity contribution in [1.82, 2.24) is 19.5 Å². The summed E-state index contributed by atoms with van der Waals surface area (Å²) in [6.45, 7) is 0. The van der Waals surface area contributed by atoms with E-state index in [1.807, 2.05) is 0 Å². The molecule has 0 fully saturated rings. The van der Waals surface area contributed by atoms with Crippen LogP contribution >= 0.6 is 0 Å². The normalized spacial score (nSPS) is 11.8. The van der Waals surface area contributed by atoms with E-state index in [4.69, 9.17) is 20.1 Å². The molecule has 29 heteroatoms. The number of nitrogens with zero attached hydrogens (tertiary/aromatic N) is 3. The van der Waals surface area contributed by atoms with Crippen molar-refractivity contribution in [2.75, 3.05) is 0 Å². The number of halogens is 20. The predicted molar refractivity (Wildman–Crippen MR) is 306 cm³/mol. The zero-order valence-electron chi connectivity index (χ0n) is 47.5. The van der Waals surface area contributed by atoms with Crippen LogP contribution < -0.4 is 15.1 Å². The van der Waals surface area contributed by atoms with Crippen molar-refractivity contribution in [1.29, 1.82) is 0 Å². The van der Waals surface area contributed by atoms with Crippen LogP contribution in [0, 0.1) is 116 Å². The van der Waals surface area contributed by atoms with E-state index < -0.39 is 213 Å². The number of fused-ring (bicyclic) bond motifs is 8. The average molecular weight is 1390 g/mol. The second-order valence-electron chi connectivity index (χ2n) is 20.7. The van der Waals surface area contributed by atoms with E-state index in [0.717, 1.165) is 54.6 Å². The van der Waals surface area contributed by atoms with Crippen molar-refractivity contribution in [3.63, 3.8) is 0 Å². The molecule has 0 saturated carbocycles. The summed E-state index contributed by atoms with van der Waals surface area (Å²) >= 11 is 0. The second kappa shape index (κ2) is 26.2. The molecule has 0 unspecified atom stereocenters. The Hall–Kier alpha value is -10.6. The Kier molecular flexibility index (Phi) is 18.3. The number of nitrogens with one attached hydrogen (secondary N) is 1. The van der Waals surface area contributed by atoms with E-state index in [-0.39, 0.29) is 60.6 Å². The number of aromatic amines is 1. The van der Waals surface area contributed by atoms with Crippen LogP contribution in [0.2, 0.25) is 0 Å². The number of rotatable bonds is 8. The van der Waals surface area contributed by atoms with Crippen molar-refractivity contribution < 1.29 is 120 Å². The van der Waals surface area contributed by atoms with Gasteiger partial charge in [-0.3, -0.25) is 7.32 Å². The Balaban J connectivity index is 0.00000186. The van der Waals surface area contributed by atoms with Gasteiger partial charge in [0, 0.05) is 50.0 Å². The van der Waals surface area contributed by atoms with Gasteiger partial charge in [-0.2, -0.15) is 0 Å². The van der Waals surface area contributed by atoms with Crippen LogP contribution in [0.15, 0.2) is 133 Å². The molecule has 97 heavy (non-hydrogen) atoms. The first-order chi connectivity index (χ1) is 45.8. The van der Waals surface area contributed by atoms with Crippen molar-refractivity contribution in [3.05, 3.63) is 278 Å². The average Bonchev–Trinajstić information content (AvgIpc) is 1.54. The third kappa shape index (κ3) is 11.1. The maximum Gasteiger partial charge on any atom is 3.00 e. The van der Waals surface area contributed by atoms with Gasteiger partial charge in [-0.15, -0.1) is 0 Å². The third-order valence-electron chi connectivity index (χ3n) is 15.3. The SMILES string of the molecule is Fc1c(F)c(F)c(C2=Cc3nc2c(-c2ccccc2)c2c(-c4c(F)c(F)c(F)c(F)c4F)c(-c4c(F)c(F)c(F)c(F)c4F)c(c(-c4ccccc4)c4nc(c(-c5ccccc5)c5ccc([nH]5)c3-c3ccccc3)C=C4)n2-c2c(F)c(F)c(F)c(F)c2F)c(F)c1F.[Mn+3].[O-]B([O-])[O-]. The van der Waals surface area contributed by atoms with E-state index in [9.17, 15) is 0 Å². The van der Waals surface area contributed by atoms with Crippen LogP contribution in [-0.2, 0) is 17.1 Å². The van der Waals surface area contributed by atoms with E-state index in [2.05, 4.69) is 9.97 Å². The minimum atomic E-state index is -3.08. The molecule has 8 bridgehead atoms. The van der Waals surface area contributed by atoms with E-state index in [1.54, 1.807) is 18.2 Å². The second-order valence-corrected chi connectivity index (χ2v) is 20.7. The molecule has 486 valence electrons. The van der Waals surface area contributed by atoms with E-state index in [1.165, 1.54) is 72.8 Å². The molecule has 1 N–H and O–H groups in total. The molecule has 2 aliphatic heterocycles. The number of aromatic nitrogens is 4. The number of benzene rings is 8. The standard InChI is InChI=1S/C68H26F20N4.BO3.Mn/c69-45-40(46(70)52(76)57(81)51(45)75)30-25-35-37(27-15-7-2-8-16-27)33-22-21-31(89-33)36(26-13-5-1-6-14-26)32-23-24-34(90-32)38(28-17-9-3-10-18-28)66-41(43-47(71)53(77)58(82)54(78)48(43)72)42(44-49(73)55(79)59(83)56(80)50(44)74)67(39(65(30)91-35)29-19-11-4-12-20-29)92(66)68-63(87)61(85)60(84)62(86)64(68)88;2-1(3)4;/h1-25,89H;;/q;-3;+3. The van der Waals surface area contributed by atoms with Crippen molar-refractivity contribution in [3.8, 4) is 72.4 Å². The Morgan fingerprint density at radius 1 is 0.289 bits per heavy atom. The van der Waals surface area contributed by atoms with Gasteiger partial charge in [0.25, 0.3) is 0 Å². The largest absolute Gasteiger partial charge is 3.00 e. The molecule has 0 saturated heterocycles. The van der Waals surface area contributed by atoms with Gasteiger partial charge in [-0.1, -0.05) is 121 Å². The molecule has 0 aliphatic carbocycles. The Labute approximate surface area is 541 Å². The summed E-state index contributed by atoms with van der Waals surface area (Å²) in [7, 11) is -2.92. The van der Waals surface area contributed by atoms with Crippen LogP contribution in [0.5, 0.6) is 0 Å². The van der Waals surface area contributed by atoms with Crippen molar-refractivity contribution >= 4 is 53.2 Å². The predicted octanol–water partition coefficient (Wildman–Crippen LogP) is 16.4. The topological polar surface area (TPSA) is 116 Å². The molecule has 13 rings (SSSR count). The molecule has 0 atom stereocenters. The fraction of sp³-hybridized carbons (Fsp3) is 0. The van der Waals surface area contributed by atoms with Gasteiger partial charge in [-0.05, 0) is 52.6 Å². The number of H-pyrrole nitrogens is 1. The van der Waals surface area contributed by atoms with Crippen molar-refractivity contribution in [2.45, 2.75) is 0 Å². The maximum atomic E-state index is 17.9. The first-order valence-electron chi connectivity index (χ1n) is 27.3.